The summed E-state index contributed by atoms with van der Waals surface area (Å²) in [6.07, 6.45) is 19.7. The zero-order valence-electron chi connectivity index (χ0n) is 18.0. The molecule has 0 aliphatic heterocycles. The fraction of sp³-hybridized carbons (Fsp3) is 0.615. The predicted molar refractivity (Wildman–Crippen MR) is 116 cm³/mol. The van der Waals surface area contributed by atoms with Gasteiger partial charge in [-0.2, -0.15) is 4.39 Å². The largest absolute Gasteiger partial charge is 0.462 e. The molecule has 1 nitrogen and oxygen atoms in total. The predicted octanol–water partition coefficient (Wildman–Crippen LogP) is 8.31. The highest BCUT2D eigenvalue weighted by atomic mass is 19.2. The highest BCUT2D eigenvalue weighted by Gasteiger charge is 2.32. The van der Waals surface area contributed by atoms with Crippen LogP contribution in [0.3, 0.4) is 0 Å². The van der Waals surface area contributed by atoms with Crippen LogP contribution in [-0.2, 0) is 0 Å². The van der Waals surface area contributed by atoms with Gasteiger partial charge in [0, 0.05) is 0 Å². The molecule has 0 aromatic heterocycles. The van der Waals surface area contributed by atoms with Crippen LogP contribution in [0.25, 0.3) is 0 Å². The Morgan fingerprint density at radius 1 is 0.862 bits per heavy atom. The van der Waals surface area contributed by atoms with Crippen LogP contribution < -0.4 is 4.74 Å². The topological polar surface area (TPSA) is 9.23 Å². The van der Waals surface area contributed by atoms with E-state index in [1.807, 2.05) is 0 Å². The fourth-order valence-corrected chi connectivity index (χ4v) is 5.44. The third kappa shape index (κ3) is 5.71. The standard InChI is InChI=1S/C26H36F2O/c1-3-5-6-7-19-8-10-20(11-9-19)21-12-14-22(15-13-21)23-16-17-24(29-18-4-2)26(28)25(23)27/h3-5,16-22H,6-15H2,1-2H3/b5-3+,18-4+. The van der Waals surface area contributed by atoms with Crippen LogP contribution in [0.5, 0.6) is 5.75 Å². The van der Waals surface area contributed by atoms with Gasteiger partial charge in [0.1, 0.15) is 0 Å². The molecule has 3 heteroatoms. The minimum absolute atomic E-state index is 0.0378. The van der Waals surface area contributed by atoms with E-state index in [1.165, 1.54) is 44.8 Å². The Kier molecular flexibility index (Phi) is 8.32. The third-order valence-electron chi connectivity index (χ3n) is 7.15. The van der Waals surface area contributed by atoms with Crippen molar-refractivity contribution >= 4 is 0 Å². The molecule has 2 fully saturated rings. The second-order valence-electron chi connectivity index (χ2n) is 8.91. The van der Waals surface area contributed by atoms with Gasteiger partial charge in [-0.3, -0.25) is 0 Å². The number of ether oxygens (including phenoxy) is 1. The smallest absolute Gasteiger partial charge is 0.201 e. The monoisotopic (exact) mass is 402 g/mol. The Morgan fingerprint density at radius 3 is 2.14 bits per heavy atom. The Bertz CT molecular complexity index is 693. The highest BCUT2D eigenvalue weighted by Crippen LogP contribution is 2.45. The summed E-state index contributed by atoms with van der Waals surface area (Å²) in [5, 5.41) is 0. The molecule has 2 aliphatic carbocycles. The van der Waals surface area contributed by atoms with Gasteiger partial charge in [-0.1, -0.05) is 37.1 Å². The lowest BCUT2D eigenvalue weighted by molar-refractivity contribution is 0.156. The van der Waals surface area contributed by atoms with Crippen LogP contribution in [0, 0.1) is 29.4 Å². The molecule has 1 aromatic rings. The number of hydrogen-bond donors (Lipinski definition) is 0. The summed E-state index contributed by atoms with van der Waals surface area (Å²) in [4.78, 5) is 0. The van der Waals surface area contributed by atoms with E-state index in [9.17, 15) is 8.78 Å². The van der Waals surface area contributed by atoms with Crippen LogP contribution in [0.4, 0.5) is 8.78 Å². The number of rotatable bonds is 7. The van der Waals surface area contributed by atoms with Gasteiger partial charge in [0.25, 0.3) is 0 Å². The summed E-state index contributed by atoms with van der Waals surface area (Å²) in [7, 11) is 0. The van der Waals surface area contributed by atoms with Crippen molar-refractivity contribution in [2.24, 2.45) is 17.8 Å². The van der Waals surface area contributed by atoms with Gasteiger partial charge in [-0.25, -0.2) is 4.39 Å². The van der Waals surface area contributed by atoms with E-state index in [0.717, 1.165) is 43.4 Å². The first-order valence-electron chi connectivity index (χ1n) is 11.5. The quantitative estimate of drug-likeness (QED) is 0.329. The molecule has 0 bridgehead atoms. The molecule has 0 N–H and O–H groups in total. The molecule has 0 amide bonds. The summed E-state index contributed by atoms with van der Waals surface area (Å²) in [5.41, 5.74) is 0.529. The SMILES string of the molecule is C/C=C/CCC1CCC(C2CCC(c3ccc(O/C=C/C)c(F)c3F)CC2)CC1. The third-order valence-corrected chi connectivity index (χ3v) is 7.15. The summed E-state index contributed by atoms with van der Waals surface area (Å²) in [6, 6.07) is 3.28. The van der Waals surface area contributed by atoms with Gasteiger partial charge in [-0.15, -0.1) is 0 Å². The van der Waals surface area contributed by atoms with Crippen molar-refractivity contribution in [3.8, 4) is 5.75 Å². The Balaban J connectivity index is 1.50. The molecule has 0 spiro atoms. The minimum Gasteiger partial charge on any atom is -0.462 e. The maximum absolute atomic E-state index is 14.6. The number of halogens is 2. The second kappa shape index (κ2) is 10.9. The van der Waals surface area contributed by atoms with Crippen molar-refractivity contribution in [2.75, 3.05) is 0 Å². The van der Waals surface area contributed by atoms with Crippen molar-refractivity contribution < 1.29 is 13.5 Å². The Hall–Kier alpha value is -1.64. The molecule has 1 aromatic carbocycles. The molecule has 3 rings (SSSR count). The van der Waals surface area contributed by atoms with Crippen LogP contribution in [0.2, 0.25) is 0 Å². The van der Waals surface area contributed by atoms with E-state index < -0.39 is 11.6 Å². The lowest BCUT2D eigenvalue weighted by Gasteiger charge is -2.38. The van der Waals surface area contributed by atoms with E-state index in [4.69, 9.17) is 4.74 Å². The lowest BCUT2D eigenvalue weighted by atomic mass is 9.68. The second-order valence-corrected chi connectivity index (χ2v) is 8.91. The molecule has 0 radical (unpaired) electrons. The van der Waals surface area contributed by atoms with Crippen LogP contribution in [-0.4, -0.2) is 0 Å². The minimum atomic E-state index is -0.862. The normalized spacial score (nSPS) is 28.3. The number of hydrogen-bond acceptors (Lipinski definition) is 1. The number of benzene rings is 1. The molecule has 2 aliphatic rings. The maximum atomic E-state index is 14.6. The molecular formula is C26H36F2O. The number of allylic oxidation sites excluding steroid dienone is 3. The first kappa shape index (κ1) is 22.1. The van der Waals surface area contributed by atoms with Gasteiger partial charge in [-0.05, 0) is 101 Å². The summed E-state index contributed by atoms with van der Waals surface area (Å²) < 4.78 is 34.1. The summed E-state index contributed by atoms with van der Waals surface area (Å²) >= 11 is 0. The van der Waals surface area contributed by atoms with Gasteiger partial charge in [0.2, 0.25) is 5.82 Å². The molecule has 160 valence electrons. The van der Waals surface area contributed by atoms with Crippen molar-refractivity contribution in [1.82, 2.24) is 0 Å². The van der Waals surface area contributed by atoms with Crippen LogP contribution in [0.1, 0.15) is 89.5 Å². The van der Waals surface area contributed by atoms with Gasteiger partial charge >= 0.3 is 0 Å². The van der Waals surface area contributed by atoms with E-state index in [2.05, 4.69) is 19.1 Å². The van der Waals surface area contributed by atoms with E-state index in [1.54, 1.807) is 25.1 Å². The van der Waals surface area contributed by atoms with E-state index >= 15 is 0 Å². The van der Waals surface area contributed by atoms with E-state index in [0.29, 0.717) is 5.56 Å². The summed E-state index contributed by atoms with van der Waals surface area (Å²) in [6.45, 7) is 3.87. The molecule has 0 atom stereocenters. The highest BCUT2D eigenvalue weighted by molar-refractivity contribution is 5.33. The molecule has 0 heterocycles. The lowest BCUT2D eigenvalue weighted by Crippen LogP contribution is -2.25. The average Bonchev–Trinajstić information content (AvgIpc) is 2.76. The Morgan fingerprint density at radius 2 is 1.52 bits per heavy atom. The maximum Gasteiger partial charge on any atom is 0.201 e. The summed E-state index contributed by atoms with van der Waals surface area (Å²) in [5.74, 6) is 1.02. The van der Waals surface area contributed by atoms with Crippen molar-refractivity contribution in [3.63, 3.8) is 0 Å². The average molecular weight is 403 g/mol. The van der Waals surface area contributed by atoms with Crippen LogP contribution in [0.15, 0.2) is 36.6 Å². The van der Waals surface area contributed by atoms with Gasteiger partial charge < -0.3 is 4.74 Å². The van der Waals surface area contributed by atoms with Gasteiger partial charge in [0.15, 0.2) is 11.6 Å². The van der Waals surface area contributed by atoms with Gasteiger partial charge in [0.05, 0.1) is 6.26 Å². The first-order valence-corrected chi connectivity index (χ1v) is 11.5. The van der Waals surface area contributed by atoms with E-state index in [-0.39, 0.29) is 11.7 Å². The first-order chi connectivity index (χ1) is 14.1. The molecule has 0 saturated heterocycles. The zero-order chi connectivity index (χ0) is 20.6. The zero-order valence-corrected chi connectivity index (χ0v) is 18.0. The molecule has 29 heavy (non-hydrogen) atoms. The molecular weight excluding hydrogens is 366 g/mol. The van der Waals surface area contributed by atoms with Crippen molar-refractivity contribution in [3.05, 3.63) is 53.8 Å². The fourth-order valence-electron chi connectivity index (χ4n) is 5.44. The molecule has 0 unspecified atom stereocenters. The Labute approximate surface area is 175 Å². The van der Waals surface area contributed by atoms with Crippen molar-refractivity contribution in [1.29, 1.82) is 0 Å². The molecule has 2 saturated carbocycles. The van der Waals surface area contributed by atoms with Crippen molar-refractivity contribution in [2.45, 2.75) is 84.0 Å². The van der Waals surface area contributed by atoms with Crippen LogP contribution >= 0.6 is 0 Å².